The lowest BCUT2D eigenvalue weighted by Gasteiger charge is -2.45. The van der Waals surface area contributed by atoms with Crippen LogP contribution in [0.25, 0.3) is 0 Å². The molecule has 2 fully saturated rings. The predicted octanol–water partition coefficient (Wildman–Crippen LogP) is 1.43. The van der Waals surface area contributed by atoms with Crippen LogP contribution in [0.5, 0.6) is 0 Å². The minimum Gasteiger partial charge on any atom is -0.316 e. The van der Waals surface area contributed by atoms with E-state index in [-0.39, 0.29) is 12.4 Å². The van der Waals surface area contributed by atoms with Gasteiger partial charge < -0.3 is 10.2 Å². The van der Waals surface area contributed by atoms with Gasteiger partial charge in [0, 0.05) is 31.7 Å². The first-order chi connectivity index (χ1) is 7.68. The Labute approximate surface area is 112 Å². The quantitative estimate of drug-likeness (QED) is 0.812. The predicted molar refractivity (Wildman–Crippen MR) is 76.0 cm³/mol. The van der Waals surface area contributed by atoms with E-state index in [2.05, 4.69) is 36.0 Å². The number of nitrogens with one attached hydrogen (secondary N) is 1. The second-order valence-electron chi connectivity index (χ2n) is 5.67. The van der Waals surface area contributed by atoms with Crippen LogP contribution in [-0.4, -0.2) is 61.7 Å². The highest BCUT2D eigenvalue weighted by Gasteiger charge is 2.29. The van der Waals surface area contributed by atoms with Crippen LogP contribution in [0.1, 0.15) is 26.7 Å². The van der Waals surface area contributed by atoms with Gasteiger partial charge in [-0.1, -0.05) is 0 Å². The number of piperidine rings is 1. The lowest BCUT2D eigenvalue weighted by molar-refractivity contribution is 0.0388. The Morgan fingerprint density at radius 3 is 2.59 bits per heavy atom. The number of nitrogens with zero attached hydrogens (tertiary/aromatic N) is 2. The van der Waals surface area contributed by atoms with E-state index in [0.717, 1.165) is 5.92 Å². The number of rotatable bonds is 2. The molecule has 17 heavy (non-hydrogen) atoms. The average Bonchev–Trinajstić information content (AvgIpc) is 2.31. The maximum atomic E-state index is 3.52. The zero-order valence-corrected chi connectivity index (χ0v) is 12.3. The third-order valence-electron chi connectivity index (χ3n) is 4.60. The van der Waals surface area contributed by atoms with Crippen molar-refractivity contribution >= 4 is 12.4 Å². The largest absolute Gasteiger partial charge is 0.316 e. The normalized spacial score (nSPS) is 36.5. The lowest BCUT2D eigenvalue weighted by Crippen LogP contribution is -2.57. The van der Waals surface area contributed by atoms with Crippen LogP contribution in [-0.2, 0) is 0 Å². The van der Waals surface area contributed by atoms with Gasteiger partial charge in [-0.05, 0) is 52.7 Å². The molecule has 0 aromatic carbocycles. The Morgan fingerprint density at radius 1 is 1.18 bits per heavy atom. The van der Waals surface area contributed by atoms with E-state index in [1.807, 2.05) is 0 Å². The Hall–Kier alpha value is 0.170. The van der Waals surface area contributed by atoms with Crippen LogP contribution in [0.3, 0.4) is 0 Å². The highest BCUT2D eigenvalue weighted by Crippen LogP contribution is 2.19. The molecule has 2 aliphatic heterocycles. The molecule has 2 saturated heterocycles. The van der Waals surface area contributed by atoms with Crippen molar-refractivity contribution in [3.63, 3.8) is 0 Å². The number of halogens is 1. The minimum atomic E-state index is 0. The summed E-state index contributed by atoms with van der Waals surface area (Å²) < 4.78 is 0. The Bertz CT molecular complexity index is 219. The highest BCUT2D eigenvalue weighted by molar-refractivity contribution is 5.85. The van der Waals surface area contributed by atoms with Gasteiger partial charge in [0.05, 0.1) is 0 Å². The van der Waals surface area contributed by atoms with Crippen LogP contribution in [0.2, 0.25) is 0 Å². The van der Waals surface area contributed by atoms with Gasteiger partial charge in [0.1, 0.15) is 0 Å². The fourth-order valence-corrected chi connectivity index (χ4v) is 3.04. The van der Waals surface area contributed by atoms with E-state index in [0.29, 0.717) is 12.1 Å². The van der Waals surface area contributed by atoms with Crippen LogP contribution in [0.4, 0.5) is 0 Å². The van der Waals surface area contributed by atoms with Gasteiger partial charge in [-0.25, -0.2) is 0 Å². The summed E-state index contributed by atoms with van der Waals surface area (Å²) in [7, 11) is 2.25. The van der Waals surface area contributed by atoms with Crippen molar-refractivity contribution in [1.82, 2.24) is 15.1 Å². The smallest absolute Gasteiger partial charge is 0.0221 e. The number of likely N-dealkylation sites (N-methyl/N-ethyl adjacent to an activating group) is 1. The first-order valence-electron chi connectivity index (χ1n) is 6.83. The van der Waals surface area contributed by atoms with Crippen molar-refractivity contribution in [2.75, 3.05) is 39.8 Å². The van der Waals surface area contributed by atoms with Gasteiger partial charge in [0.25, 0.3) is 0 Å². The molecule has 0 bridgehead atoms. The summed E-state index contributed by atoms with van der Waals surface area (Å²) in [6.45, 7) is 11.0. The third kappa shape index (κ3) is 3.82. The second kappa shape index (κ2) is 6.93. The van der Waals surface area contributed by atoms with Gasteiger partial charge in [0.15, 0.2) is 0 Å². The molecule has 2 rings (SSSR count). The first-order valence-corrected chi connectivity index (χ1v) is 6.83. The number of piperazine rings is 1. The fraction of sp³-hybridized carbons (Fsp3) is 1.00. The maximum Gasteiger partial charge on any atom is 0.0221 e. The van der Waals surface area contributed by atoms with Crippen molar-refractivity contribution in [3.8, 4) is 0 Å². The summed E-state index contributed by atoms with van der Waals surface area (Å²) in [6, 6.07) is 1.41. The van der Waals surface area contributed by atoms with Crippen LogP contribution in [0.15, 0.2) is 0 Å². The SMILES string of the molecule is CC1C(C)N(CC2CCCNC2)CCN1C.Cl. The zero-order chi connectivity index (χ0) is 11.5. The zero-order valence-electron chi connectivity index (χ0n) is 11.5. The van der Waals surface area contributed by atoms with E-state index in [4.69, 9.17) is 0 Å². The van der Waals surface area contributed by atoms with Gasteiger partial charge in [-0.2, -0.15) is 0 Å². The Morgan fingerprint density at radius 2 is 1.94 bits per heavy atom. The molecule has 3 unspecified atom stereocenters. The molecule has 3 nitrogen and oxygen atoms in total. The molecule has 4 heteroatoms. The molecule has 0 spiro atoms. The van der Waals surface area contributed by atoms with Gasteiger partial charge in [0.2, 0.25) is 0 Å². The lowest BCUT2D eigenvalue weighted by atomic mass is 9.96. The van der Waals surface area contributed by atoms with E-state index in [1.54, 1.807) is 0 Å². The molecule has 0 radical (unpaired) electrons. The second-order valence-corrected chi connectivity index (χ2v) is 5.67. The van der Waals surface area contributed by atoms with Crippen LogP contribution >= 0.6 is 12.4 Å². The minimum absolute atomic E-state index is 0. The molecule has 0 amide bonds. The molecule has 0 saturated carbocycles. The van der Waals surface area contributed by atoms with Crippen molar-refractivity contribution in [3.05, 3.63) is 0 Å². The molecule has 0 aliphatic carbocycles. The first kappa shape index (κ1) is 15.2. The highest BCUT2D eigenvalue weighted by atomic mass is 35.5. The molecule has 102 valence electrons. The van der Waals surface area contributed by atoms with Crippen LogP contribution < -0.4 is 5.32 Å². The molecule has 3 atom stereocenters. The molecular weight excluding hydrogens is 234 g/mol. The molecular formula is C13H28ClN3. The third-order valence-corrected chi connectivity index (χ3v) is 4.60. The molecule has 0 aromatic rings. The standard InChI is InChI=1S/C13H27N3.ClH/c1-11-12(2)16(8-7-15(11)3)10-13-5-4-6-14-9-13;/h11-14H,4-10H2,1-3H3;1H. The maximum absolute atomic E-state index is 3.52. The summed E-state index contributed by atoms with van der Waals surface area (Å²) in [5.41, 5.74) is 0. The molecule has 2 aliphatic rings. The van der Waals surface area contributed by atoms with Crippen molar-refractivity contribution in [2.45, 2.75) is 38.8 Å². The van der Waals surface area contributed by atoms with Crippen molar-refractivity contribution in [2.24, 2.45) is 5.92 Å². The van der Waals surface area contributed by atoms with Gasteiger partial charge in [-0.3, -0.25) is 4.90 Å². The molecule has 2 heterocycles. The van der Waals surface area contributed by atoms with Crippen molar-refractivity contribution in [1.29, 1.82) is 0 Å². The monoisotopic (exact) mass is 261 g/mol. The summed E-state index contributed by atoms with van der Waals surface area (Å²) in [5.74, 6) is 0.881. The van der Waals surface area contributed by atoms with E-state index >= 15 is 0 Å². The van der Waals surface area contributed by atoms with E-state index < -0.39 is 0 Å². The summed E-state index contributed by atoms with van der Waals surface area (Å²) in [5, 5.41) is 3.52. The topological polar surface area (TPSA) is 18.5 Å². The van der Waals surface area contributed by atoms with E-state index in [1.165, 1.54) is 45.6 Å². The Balaban J connectivity index is 0.00000144. The Kier molecular flexibility index (Phi) is 6.21. The molecule has 1 N–H and O–H groups in total. The number of hydrogen-bond donors (Lipinski definition) is 1. The number of hydrogen-bond acceptors (Lipinski definition) is 3. The van der Waals surface area contributed by atoms with Crippen LogP contribution in [0, 0.1) is 5.92 Å². The summed E-state index contributed by atoms with van der Waals surface area (Å²) in [4.78, 5) is 5.18. The fourth-order valence-electron chi connectivity index (χ4n) is 3.04. The molecule has 0 aromatic heterocycles. The van der Waals surface area contributed by atoms with Crippen molar-refractivity contribution < 1.29 is 0 Å². The summed E-state index contributed by atoms with van der Waals surface area (Å²) >= 11 is 0. The van der Waals surface area contributed by atoms with Gasteiger partial charge >= 0.3 is 0 Å². The average molecular weight is 262 g/mol. The van der Waals surface area contributed by atoms with Gasteiger partial charge in [-0.15, -0.1) is 12.4 Å². The van der Waals surface area contributed by atoms with E-state index in [9.17, 15) is 0 Å². The summed E-state index contributed by atoms with van der Waals surface area (Å²) in [6.07, 6.45) is 2.78.